The quantitative estimate of drug-likeness (QED) is 0.665. The maximum atomic E-state index is 12.3. The van der Waals surface area contributed by atoms with Gasteiger partial charge in [0.2, 0.25) is 11.8 Å². The number of hydrogen-bond donors (Lipinski definition) is 1. The van der Waals surface area contributed by atoms with Crippen LogP contribution >= 0.6 is 15.9 Å². The van der Waals surface area contributed by atoms with Gasteiger partial charge in [0.15, 0.2) is 5.78 Å². The molecule has 0 radical (unpaired) electrons. The fraction of sp³-hybridized carbons (Fsp3) is 0.308. The summed E-state index contributed by atoms with van der Waals surface area (Å²) in [7, 11) is 0. The lowest BCUT2D eigenvalue weighted by Crippen LogP contribution is -2.55. The Hall–Kier alpha value is -1.53. The van der Waals surface area contributed by atoms with Crippen molar-refractivity contribution in [3.63, 3.8) is 0 Å². The van der Waals surface area contributed by atoms with Crippen LogP contribution in [0.3, 0.4) is 0 Å². The van der Waals surface area contributed by atoms with Crippen molar-refractivity contribution in [1.82, 2.24) is 10.2 Å². The summed E-state index contributed by atoms with van der Waals surface area (Å²) >= 11 is 3.30. The third-order valence-electron chi connectivity index (χ3n) is 3.03. The molecule has 2 amide bonds. The predicted octanol–water partition coefficient (Wildman–Crippen LogP) is 0.979. The Morgan fingerprint density at radius 1 is 1.21 bits per heavy atom. The number of piperazine rings is 1. The van der Waals surface area contributed by atoms with Crippen molar-refractivity contribution < 1.29 is 14.4 Å². The molecule has 1 N–H and O–H groups in total. The van der Waals surface area contributed by atoms with Crippen LogP contribution in [0.5, 0.6) is 0 Å². The van der Waals surface area contributed by atoms with E-state index in [4.69, 9.17) is 0 Å². The van der Waals surface area contributed by atoms with E-state index in [-0.39, 0.29) is 30.7 Å². The molecule has 1 aliphatic rings. The van der Waals surface area contributed by atoms with Gasteiger partial charge in [0, 0.05) is 10.0 Å². The highest BCUT2D eigenvalue weighted by Crippen LogP contribution is 2.14. The standard InChI is InChI=1S/C13H13BrN2O3/c1-8(16-6-11(17)15-12(18)7-16)13(19)9-2-4-10(14)5-3-9/h2-5,8H,6-7H2,1H3,(H,15,17,18). The van der Waals surface area contributed by atoms with E-state index in [1.807, 2.05) is 0 Å². The van der Waals surface area contributed by atoms with Crippen LogP contribution in [0.4, 0.5) is 0 Å². The van der Waals surface area contributed by atoms with Crippen LogP contribution in [0.2, 0.25) is 0 Å². The number of Topliss-reactive ketones (excluding diaryl/α,β-unsaturated/α-hetero) is 1. The Labute approximate surface area is 119 Å². The van der Waals surface area contributed by atoms with Crippen molar-refractivity contribution in [2.24, 2.45) is 0 Å². The minimum atomic E-state index is -0.504. The Kier molecular flexibility index (Phi) is 4.11. The number of halogens is 1. The van der Waals surface area contributed by atoms with E-state index in [9.17, 15) is 14.4 Å². The van der Waals surface area contributed by atoms with Gasteiger partial charge in [-0.15, -0.1) is 0 Å². The summed E-state index contributed by atoms with van der Waals surface area (Å²) in [5.41, 5.74) is 0.564. The van der Waals surface area contributed by atoms with E-state index in [2.05, 4.69) is 21.2 Å². The van der Waals surface area contributed by atoms with Crippen LogP contribution in [0.15, 0.2) is 28.7 Å². The van der Waals surface area contributed by atoms with Crippen molar-refractivity contribution in [3.8, 4) is 0 Å². The molecular formula is C13H13BrN2O3. The Balaban J connectivity index is 2.12. The first-order chi connectivity index (χ1) is 8.97. The molecule has 1 aromatic carbocycles. The highest BCUT2D eigenvalue weighted by atomic mass is 79.9. The van der Waals surface area contributed by atoms with Gasteiger partial charge in [-0.05, 0) is 19.1 Å². The summed E-state index contributed by atoms with van der Waals surface area (Å²) in [4.78, 5) is 36.4. The number of amides is 2. The van der Waals surface area contributed by atoms with Crippen LogP contribution in [0, 0.1) is 0 Å². The summed E-state index contributed by atoms with van der Waals surface area (Å²) in [6.07, 6.45) is 0. The average Bonchev–Trinajstić information content (AvgIpc) is 2.37. The highest BCUT2D eigenvalue weighted by Gasteiger charge is 2.30. The molecule has 0 spiro atoms. The first-order valence-corrected chi connectivity index (χ1v) is 6.63. The summed E-state index contributed by atoms with van der Waals surface area (Å²) in [5, 5.41) is 2.21. The van der Waals surface area contributed by atoms with Crippen molar-refractivity contribution >= 4 is 33.5 Å². The number of nitrogens with one attached hydrogen (secondary N) is 1. The number of rotatable bonds is 3. The first kappa shape index (κ1) is 13.9. The first-order valence-electron chi connectivity index (χ1n) is 5.84. The smallest absolute Gasteiger partial charge is 0.240 e. The highest BCUT2D eigenvalue weighted by molar-refractivity contribution is 9.10. The van der Waals surface area contributed by atoms with Gasteiger partial charge in [-0.25, -0.2) is 0 Å². The molecule has 1 heterocycles. The largest absolute Gasteiger partial charge is 0.294 e. The number of carbonyl (C=O) groups is 3. The molecule has 1 atom stereocenters. The molecule has 1 saturated heterocycles. The third-order valence-corrected chi connectivity index (χ3v) is 3.56. The van der Waals surface area contributed by atoms with Gasteiger partial charge in [0.1, 0.15) is 0 Å². The second-order valence-corrected chi connectivity index (χ2v) is 5.34. The number of hydrogen-bond acceptors (Lipinski definition) is 4. The molecule has 1 aromatic rings. The molecule has 1 unspecified atom stereocenters. The van der Waals surface area contributed by atoms with Gasteiger partial charge in [0.25, 0.3) is 0 Å². The topological polar surface area (TPSA) is 66.5 Å². The van der Waals surface area contributed by atoms with Gasteiger partial charge < -0.3 is 0 Å². The van der Waals surface area contributed by atoms with E-state index in [1.165, 1.54) is 0 Å². The zero-order valence-corrected chi connectivity index (χ0v) is 11.9. The molecule has 1 aliphatic heterocycles. The number of imide groups is 1. The predicted molar refractivity (Wildman–Crippen MR) is 72.7 cm³/mol. The number of carbonyl (C=O) groups excluding carboxylic acids is 3. The lowest BCUT2D eigenvalue weighted by molar-refractivity contribution is -0.136. The Bertz CT molecular complexity index is 511. The molecule has 100 valence electrons. The zero-order chi connectivity index (χ0) is 14.0. The minimum Gasteiger partial charge on any atom is -0.294 e. The summed E-state index contributed by atoms with van der Waals surface area (Å²) in [5.74, 6) is -0.839. The fourth-order valence-electron chi connectivity index (χ4n) is 1.95. The monoisotopic (exact) mass is 324 g/mol. The van der Waals surface area contributed by atoms with Gasteiger partial charge in [-0.3, -0.25) is 24.6 Å². The van der Waals surface area contributed by atoms with Gasteiger partial charge in [-0.2, -0.15) is 0 Å². The molecule has 19 heavy (non-hydrogen) atoms. The number of nitrogens with zero attached hydrogens (tertiary/aromatic N) is 1. The Morgan fingerprint density at radius 2 is 1.74 bits per heavy atom. The van der Waals surface area contributed by atoms with Crippen molar-refractivity contribution in [2.75, 3.05) is 13.1 Å². The van der Waals surface area contributed by atoms with Crippen molar-refractivity contribution in [3.05, 3.63) is 34.3 Å². The van der Waals surface area contributed by atoms with Crippen molar-refractivity contribution in [1.29, 1.82) is 0 Å². The summed E-state index contributed by atoms with van der Waals surface area (Å²) in [6, 6.07) is 6.50. The lowest BCUT2D eigenvalue weighted by Gasteiger charge is -2.29. The van der Waals surface area contributed by atoms with Gasteiger partial charge in [-0.1, -0.05) is 28.1 Å². The van der Waals surface area contributed by atoms with E-state index in [0.717, 1.165) is 4.47 Å². The summed E-state index contributed by atoms with van der Waals surface area (Å²) < 4.78 is 0.893. The molecule has 0 aromatic heterocycles. The van der Waals surface area contributed by atoms with Crippen LogP contribution < -0.4 is 5.32 Å². The van der Waals surface area contributed by atoms with E-state index in [0.29, 0.717) is 5.56 Å². The molecule has 5 nitrogen and oxygen atoms in total. The zero-order valence-electron chi connectivity index (χ0n) is 10.4. The number of benzene rings is 1. The van der Waals surface area contributed by atoms with Crippen LogP contribution in [-0.4, -0.2) is 41.6 Å². The normalized spacial score (nSPS) is 18.0. The SMILES string of the molecule is CC(C(=O)c1ccc(Br)cc1)N1CC(=O)NC(=O)C1. The van der Waals surface area contributed by atoms with E-state index >= 15 is 0 Å². The van der Waals surface area contributed by atoms with Gasteiger partial charge in [0.05, 0.1) is 19.1 Å². The Morgan fingerprint density at radius 3 is 2.26 bits per heavy atom. The second-order valence-electron chi connectivity index (χ2n) is 4.42. The third kappa shape index (κ3) is 3.27. The maximum Gasteiger partial charge on any atom is 0.240 e. The van der Waals surface area contributed by atoms with E-state index < -0.39 is 6.04 Å². The number of ketones is 1. The molecule has 2 rings (SSSR count). The molecule has 1 fully saturated rings. The molecule has 6 heteroatoms. The van der Waals surface area contributed by atoms with Crippen molar-refractivity contribution in [2.45, 2.75) is 13.0 Å². The van der Waals surface area contributed by atoms with Crippen LogP contribution in [0.25, 0.3) is 0 Å². The van der Waals surface area contributed by atoms with Gasteiger partial charge >= 0.3 is 0 Å². The fourth-order valence-corrected chi connectivity index (χ4v) is 2.22. The maximum absolute atomic E-state index is 12.3. The summed E-state index contributed by atoms with van der Waals surface area (Å²) in [6.45, 7) is 1.83. The molecule has 0 bridgehead atoms. The van der Waals surface area contributed by atoms with E-state index in [1.54, 1.807) is 36.1 Å². The minimum absolute atomic E-state index is 0.0647. The van der Waals surface area contributed by atoms with Crippen LogP contribution in [0.1, 0.15) is 17.3 Å². The second kappa shape index (κ2) is 5.63. The average molecular weight is 325 g/mol. The molecule has 0 saturated carbocycles. The lowest BCUT2D eigenvalue weighted by atomic mass is 10.0. The van der Waals surface area contributed by atoms with Crippen LogP contribution in [-0.2, 0) is 9.59 Å². The molecule has 0 aliphatic carbocycles. The molecular weight excluding hydrogens is 312 g/mol.